The van der Waals surface area contributed by atoms with E-state index in [1.54, 1.807) is 0 Å². The smallest absolute Gasteiger partial charge is 0.145 e. The van der Waals surface area contributed by atoms with Crippen molar-refractivity contribution in [3.8, 4) is 0 Å². The fraction of sp³-hybridized carbons (Fsp3) is 1.00. The first kappa shape index (κ1) is 15.1. The van der Waals surface area contributed by atoms with Gasteiger partial charge in [-0.05, 0) is 17.9 Å². The minimum atomic E-state index is -0.600. The van der Waals surface area contributed by atoms with Crippen molar-refractivity contribution in [2.75, 3.05) is 0 Å². The Bertz CT molecular complexity index is 101. The number of unbranched alkanes of at least 4 members (excludes halogenated alkanes) is 3. The summed E-state index contributed by atoms with van der Waals surface area (Å²) < 4.78 is 14.9. The molecule has 0 saturated heterocycles. The summed E-state index contributed by atoms with van der Waals surface area (Å²) in [4.78, 5) is 0. The maximum Gasteiger partial charge on any atom is 0.494 e. The molecule has 2 unspecified atom stereocenters. The van der Waals surface area contributed by atoms with Gasteiger partial charge in [0.05, 0.1) is 0 Å². The second-order valence-corrected chi connectivity index (χ2v) is 3.26. The van der Waals surface area contributed by atoms with Gasteiger partial charge in [-0.1, -0.05) is 32.6 Å². The fourth-order valence-electron chi connectivity index (χ4n) is 1.000. The summed E-state index contributed by atoms with van der Waals surface area (Å²) >= 11 is 0. The number of hydrogen-bond donors (Lipinski definition) is 0. The van der Waals surface area contributed by atoms with Crippen molar-refractivity contribution in [1.82, 2.24) is 0 Å². The van der Waals surface area contributed by atoms with Crippen LogP contribution in [0.1, 0.15) is 46.0 Å². The van der Waals surface area contributed by atoms with E-state index in [-0.39, 0.29) is 23.5 Å². The van der Waals surface area contributed by atoms with E-state index in [9.17, 15) is 4.57 Å². The third-order valence-corrected chi connectivity index (χ3v) is 2.21. The van der Waals surface area contributed by atoms with Crippen molar-refractivity contribution in [3.63, 3.8) is 0 Å². The molecule has 0 aromatic heterocycles. The monoisotopic (exact) mass is 229 g/mol. The standard InChI is InChI=1S/C8H18O2P.Cr/c1-3-4-5-6-7-8(2)10-11-9;/h8,11H,3-7H2,1-2H3;/q+1;. The molecule has 0 spiro atoms. The van der Waals surface area contributed by atoms with Gasteiger partial charge >= 0.3 is 8.69 Å². The minimum Gasteiger partial charge on any atom is -0.145 e. The van der Waals surface area contributed by atoms with Crippen LogP contribution in [0, 0.1) is 0 Å². The first-order valence-electron chi connectivity index (χ1n) is 4.34. The molecular weight excluding hydrogens is 211 g/mol. The molecule has 4 heteroatoms. The van der Waals surface area contributed by atoms with Crippen LogP contribution in [0.2, 0.25) is 0 Å². The average Bonchev–Trinajstić information content (AvgIpc) is 1.99. The van der Waals surface area contributed by atoms with E-state index in [4.69, 9.17) is 4.52 Å². The second-order valence-electron chi connectivity index (χ2n) is 2.86. The predicted molar refractivity (Wildman–Crippen MR) is 48.3 cm³/mol. The maximum atomic E-state index is 10.0. The van der Waals surface area contributed by atoms with Crippen LogP contribution >= 0.6 is 8.69 Å². The molecule has 0 aliphatic heterocycles. The van der Waals surface area contributed by atoms with Crippen LogP contribution in [0.4, 0.5) is 0 Å². The summed E-state index contributed by atoms with van der Waals surface area (Å²) in [6, 6.07) is 0. The van der Waals surface area contributed by atoms with Gasteiger partial charge in [0.15, 0.2) is 0 Å². The van der Waals surface area contributed by atoms with Crippen molar-refractivity contribution in [1.29, 1.82) is 0 Å². The third-order valence-electron chi connectivity index (χ3n) is 1.71. The van der Waals surface area contributed by atoms with E-state index in [0.29, 0.717) is 0 Å². The molecule has 2 atom stereocenters. The molecule has 0 saturated carbocycles. The van der Waals surface area contributed by atoms with E-state index in [1.165, 1.54) is 25.7 Å². The molecule has 0 radical (unpaired) electrons. The van der Waals surface area contributed by atoms with Crippen molar-refractivity contribution in [2.24, 2.45) is 0 Å². The van der Waals surface area contributed by atoms with Crippen LogP contribution in [0.5, 0.6) is 0 Å². The predicted octanol–water partition coefficient (Wildman–Crippen LogP) is 3.30. The summed E-state index contributed by atoms with van der Waals surface area (Å²) in [7, 11) is -0.600. The molecule has 0 amide bonds. The SMILES string of the molecule is CCCCCCC(C)O[PH+]=O.[Cr]. The van der Waals surface area contributed by atoms with Crippen LogP contribution in [-0.4, -0.2) is 6.10 Å². The molecule has 2 nitrogen and oxygen atoms in total. The maximum absolute atomic E-state index is 10.0. The Morgan fingerprint density at radius 2 is 2.00 bits per heavy atom. The van der Waals surface area contributed by atoms with Gasteiger partial charge in [0.1, 0.15) is 6.10 Å². The number of rotatable bonds is 7. The van der Waals surface area contributed by atoms with Crippen molar-refractivity contribution in [2.45, 2.75) is 52.1 Å². The van der Waals surface area contributed by atoms with E-state index in [2.05, 4.69) is 6.92 Å². The molecule has 0 rings (SSSR count). The van der Waals surface area contributed by atoms with Gasteiger partial charge < -0.3 is 0 Å². The Balaban J connectivity index is 0. The van der Waals surface area contributed by atoms with Gasteiger partial charge in [-0.25, -0.2) is 0 Å². The molecule has 0 aromatic carbocycles. The Hall–Kier alpha value is 0.592. The summed E-state index contributed by atoms with van der Waals surface area (Å²) in [5.41, 5.74) is 0. The van der Waals surface area contributed by atoms with Crippen LogP contribution in [0.25, 0.3) is 0 Å². The summed E-state index contributed by atoms with van der Waals surface area (Å²) in [5.74, 6) is 0. The Morgan fingerprint density at radius 1 is 1.33 bits per heavy atom. The van der Waals surface area contributed by atoms with Gasteiger partial charge in [0, 0.05) is 17.4 Å². The summed E-state index contributed by atoms with van der Waals surface area (Å²) in [5, 5.41) is 0. The third kappa shape index (κ3) is 10.6. The first-order chi connectivity index (χ1) is 5.31. The van der Waals surface area contributed by atoms with Gasteiger partial charge in [0.2, 0.25) is 0 Å². The molecule has 0 fully saturated rings. The minimum absolute atomic E-state index is 0. The van der Waals surface area contributed by atoms with E-state index in [1.807, 2.05) is 6.92 Å². The van der Waals surface area contributed by atoms with Crippen molar-refractivity contribution >= 4 is 8.69 Å². The molecule has 0 N–H and O–H groups in total. The molecule has 0 aliphatic carbocycles. The largest absolute Gasteiger partial charge is 0.494 e. The second kappa shape index (κ2) is 11.6. The number of hydrogen-bond acceptors (Lipinski definition) is 2. The molecule has 0 aromatic rings. The van der Waals surface area contributed by atoms with Crippen molar-refractivity contribution < 1.29 is 26.4 Å². The van der Waals surface area contributed by atoms with Crippen LogP contribution in [0.15, 0.2) is 0 Å². The zero-order chi connectivity index (χ0) is 8.53. The zero-order valence-corrected chi connectivity index (χ0v) is 10.1. The summed E-state index contributed by atoms with van der Waals surface area (Å²) in [6.45, 7) is 4.16. The topological polar surface area (TPSA) is 26.3 Å². The van der Waals surface area contributed by atoms with Gasteiger partial charge in [-0.2, -0.15) is 0 Å². The van der Waals surface area contributed by atoms with Gasteiger partial charge in [-0.15, -0.1) is 4.52 Å². The molecule has 0 aliphatic rings. The Labute approximate surface area is 87.5 Å². The normalized spacial score (nSPS) is 12.5. The first-order valence-corrected chi connectivity index (χ1v) is 5.15. The quantitative estimate of drug-likeness (QED) is 0.494. The van der Waals surface area contributed by atoms with Gasteiger partial charge in [0.25, 0.3) is 0 Å². The molecule has 12 heavy (non-hydrogen) atoms. The molecule has 72 valence electrons. The Kier molecular flexibility index (Phi) is 14.6. The van der Waals surface area contributed by atoms with E-state index >= 15 is 0 Å². The molecular formula is C8H18CrO2P+. The zero-order valence-electron chi connectivity index (χ0n) is 7.84. The van der Waals surface area contributed by atoms with Crippen molar-refractivity contribution in [3.05, 3.63) is 0 Å². The molecule has 0 heterocycles. The van der Waals surface area contributed by atoms with Gasteiger partial charge in [-0.3, -0.25) is 0 Å². The van der Waals surface area contributed by atoms with E-state index < -0.39 is 8.69 Å². The van der Waals surface area contributed by atoms with Crippen LogP contribution in [0.3, 0.4) is 0 Å². The average molecular weight is 229 g/mol. The summed E-state index contributed by atoms with van der Waals surface area (Å²) in [6.07, 6.45) is 6.23. The fourth-order valence-corrected chi connectivity index (χ4v) is 1.28. The van der Waals surface area contributed by atoms with Crippen LogP contribution in [-0.2, 0) is 26.4 Å². The Morgan fingerprint density at radius 3 is 2.50 bits per heavy atom. The van der Waals surface area contributed by atoms with E-state index in [0.717, 1.165) is 6.42 Å². The van der Waals surface area contributed by atoms with Crippen LogP contribution < -0.4 is 0 Å². The molecule has 0 bridgehead atoms.